The molecule has 0 amide bonds. The van der Waals surface area contributed by atoms with Gasteiger partial charge in [0.15, 0.2) is 0 Å². The van der Waals surface area contributed by atoms with E-state index in [4.69, 9.17) is 10.5 Å². The molecule has 0 unspecified atom stereocenters. The molecule has 0 aliphatic carbocycles. The molecule has 1 heterocycles. The van der Waals surface area contributed by atoms with Crippen molar-refractivity contribution in [3.05, 3.63) is 53.7 Å². The van der Waals surface area contributed by atoms with Gasteiger partial charge < -0.3 is 15.2 Å². The summed E-state index contributed by atoms with van der Waals surface area (Å²) in [7, 11) is 1.30. The van der Waals surface area contributed by atoms with Crippen molar-refractivity contribution in [1.82, 2.24) is 4.98 Å². The van der Waals surface area contributed by atoms with Crippen LogP contribution in [0.5, 0.6) is 5.88 Å². The van der Waals surface area contributed by atoms with E-state index in [2.05, 4.69) is 9.72 Å². The Morgan fingerprint density at radius 2 is 2.05 bits per heavy atom. The second kappa shape index (κ2) is 5.86. The fourth-order valence-electron chi connectivity index (χ4n) is 1.54. The number of ether oxygens (including phenoxy) is 2. The summed E-state index contributed by atoms with van der Waals surface area (Å²) in [5.74, 6) is -0.178. The lowest BCUT2D eigenvalue weighted by molar-refractivity contribution is 0.0601. The standard InChI is InChI=1S/C14H14N2O3/c1-18-14(17)11-7-13(16-8-12(11)15)19-9-10-5-3-2-4-6-10/h2-8H,9,15H2,1H3. The highest BCUT2D eigenvalue weighted by Gasteiger charge is 2.12. The molecule has 0 spiro atoms. The molecular formula is C14H14N2O3. The molecule has 0 aliphatic heterocycles. The van der Waals surface area contributed by atoms with E-state index < -0.39 is 5.97 Å². The zero-order valence-electron chi connectivity index (χ0n) is 10.5. The molecule has 1 aromatic carbocycles. The number of nitrogens with two attached hydrogens (primary N) is 1. The summed E-state index contributed by atoms with van der Waals surface area (Å²) in [4.78, 5) is 15.5. The van der Waals surface area contributed by atoms with Gasteiger partial charge in [0.25, 0.3) is 0 Å². The van der Waals surface area contributed by atoms with Crippen LogP contribution in [0.25, 0.3) is 0 Å². The lowest BCUT2D eigenvalue weighted by Gasteiger charge is -2.08. The van der Waals surface area contributed by atoms with E-state index in [0.29, 0.717) is 12.5 Å². The Bertz CT molecular complexity index is 570. The number of hydrogen-bond acceptors (Lipinski definition) is 5. The maximum absolute atomic E-state index is 11.5. The van der Waals surface area contributed by atoms with E-state index in [0.717, 1.165) is 5.56 Å². The molecule has 0 saturated carbocycles. The number of nitrogens with zero attached hydrogens (tertiary/aromatic N) is 1. The van der Waals surface area contributed by atoms with Gasteiger partial charge in [-0.05, 0) is 5.56 Å². The molecule has 1 aromatic heterocycles. The molecule has 0 aliphatic rings. The lowest BCUT2D eigenvalue weighted by atomic mass is 10.2. The van der Waals surface area contributed by atoms with Crippen LogP contribution in [-0.4, -0.2) is 18.1 Å². The third-order valence-corrected chi connectivity index (χ3v) is 2.54. The number of esters is 1. The normalized spacial score (nSPS) is 9.95. The first-order chi connectivity index (χ1) is 9.20. The number of carbonyl (C=O) groups is 1. The predicted molar refractivity (Wildman–Crippen MR) is 70.8 cm³/mol. The number of rotatable bonds is 4. The van der Waals surface area contributed by atoms with Crippen LogP contribution in [0.15, 0.2) is 42.6 Å². The summed E-state index contributed by atoms with van der Waals surface area (Å²) in [6.07, 6.45) is 1.38. The number of aromatic nitrogens is 1. The zero-order valence-corrected chi connectivity index (χ0v) is 10.5. The Balaban J connectivity index is 2.11. The molecule has 98 valence electrons. The predicted octanol–water partition coefficient (Wildman–Crippen LogP) is 2.03. The molecule has 2 rings (SSSR count). The van der Waals surface area contributed by atoms with Gasteiger partial charge in [-0.15, -0.1) is 0 Å². The van der Waals surface area contributed by atoms with Crippen molar-refractivity contribution in [2.45, 2.75) is 6.61 Å². The van der Waals surface area contributed by atoms with Crippen molar-refractivity contribution in [1.29, 1.82) is 0 Å². The van der Waals surface area contributed by atoms with Gasteiger partial charge >= 0.3 is 5.97 Å². The first-order valence-electron chi connectivity index (χ1n) is 5.71. The molecule has 2 N–H and O–H groups in total. The third kappa shape index (κ3) is 3.22. The van der Waals surface area contributed by atoms with Gasteiger partial charge in [-0.3, -0.25) is 0 Å². The van der Waals surface area contributed by atoms with Crippen LogP contribution >= 0.6 is 0 Å². The number of carbonyl (C=O) groups excluding carboxylic acids is 1. The molecule has 5 heteroatoms. The Morgan fingerprint density at radius 1 is 1.32 bits per heavy atom. The number of hydrogen-bond donors (Lipinski definition) is 1. The van der Waals surface area contributed by atoms with Crippen LogP contribution < -0.4 is 10.5 Å². The smallest absolute Gasteiger partial charge is 0.340 e. The van der Waals surface area contributed by atoms with Gasteiger partial charge in [0.05, 0.1) is 24.6 Å². The van der Waals surface area contributed by atoms with Crippen LogP contribution in [0, 0.1) is 0 Å². The van der Waals surface area contributed by atoms with Gasteiger partial charge in [0, 0.05) is 6.07 Å². The van der Waals surface area contributed by atoms with Gasteiger partial charge in [0.2, 0.25) is 5.88 Å². The van der Waals surface area contributed by atoms with Crippen molar-refractivity contribution in [2.24, 2.45) is 0 Å². The largest absolute Gasteiger partial charge is 0.473 e. The summed E-state index contributed by atoms with van der Waals surface area (Å²) >= 11 is 0. The number of methoxy groups -OCH3 is 1. The molecule has 0 bridgehead atoms. The summed E-state index contributed by atoms with van der Waals surface area (Å²) in [6.45, 7) is 0.373. The quantitative estimate of drug-likeness (QED) is 0.849. The topological polar surface area (TPSA) is 74.4 Å². The van der Waals surface area contributed by atoms with Crippen LogP contribution in [-0.2, 0) is 11.3 Å². The Labute approximate surface area is 111 Å². The number of pyridine rings is 1. The van der Waals surface area contributed by atoms with E-state index in [-0.39, 0.29) is 11.3 Å². The molecule has 0 atom stereocenters. The lowest BCUT2D eigenvalue weighted by Crippen LogP contribution is -2.07. The minimum Gasteiger partial charge on any atom is -0.473 e. The zero-order chi connectivity index (χ0) is 13.7. The maximum atomic E-state index is 11.5. The van der Waals surface area contributed by atoms with Gasteiger partial charge in [0.1, 0.15) is 6.61 Å². The molecule has 0 saturated heterocycles. The second-order valence-corrected chi connectivity index (χ2v) is 3.88. The van der Waals surface area contributed by atoms with Crippen molar-refractivity contribution in [2.75, 3.05) is 12.8 Å². The SMILES string of the molecule is COC(=O)c1cc(OCc2ccccc2)ncc1N. The fourth-order valence-corrected chi connectivity index (χ4v) is 1.54. The van der Waals surface area contributed by atoms with Gasteiger partial charge in [-0.2, -0.15) is 0 Å². The van der Waals surface area contributed by atoms with Crippen LogP contribution in [0.2, 0.25) is 0 Å². The maximum Gasteiger partial charge on any atom is 0.340 e. The highest BCUT2D eigenvalue weighted by molar-refractivity contribution is 5.95. The van der Waals surface area contributed by atoms with Crippen molar-refractivity contribution in [3.63, 3.8) is 0 Å². The second-order valence-electron chi connectivity index (χ2n) is 3.88. The molecule has 19 heavy (non-hydrogen) atoms. The number of benzene rings is 1. The van der Waals surface area contributed by atoms with Crippen LogP contribution in [0.3, 0.4) is 0 Å². The monoisotopic (exact) mass is 258 g/mol. The number of anilines is 1. The van der Waals surface area contributed by atoms with Crippen molar-refractivity contribution < 1.29 is 14.3 Å². The first-order valence-corrected chi connectivity index (χ1v) is 5.71. The van der Waals surface area contributed by atoms with E-state index in [1.807, 2.05) is 30.3 Å². The highest BCUT2D eigenvalue weighted by atomic mass is 16.5. The minimum absolute atomic E-state index is 0.251. The van der Waals surface area contributed by atoms with Crippen molar-refractivity contribution in [3.8, 4) is 5.88 Å². The Hall–Kier alpha value is -2.56. The van der Waals surface area contributed by atoms with E-state index in [1.165, 1.54) is 19.4 Å². The third-order valence-electron chi connectivity index (χ3n) is 2.54. The summed E-state index contributed by atoms with van der Waals surface area (Å²) in [6, 6.07) is 11.1. The fraction of sp³-hybridized carbons (Fsp3) is 0.143. The first kappa shape index (κ1) is 12.9. The molecular weight excluding hydrogens is 244 g/mol. The average molecular weight is 258 g/mol. The van der Waals surface area contributed by atoms with E-state index in [1.54, 1.807) is 0 Å². The average Bonchev–Trinajstić information content (AvgIpc) is 2.46. The minimum atomic E-state index is -0.510. The van der Waals surface area contributed by atoms with E-state index >= 15 is 0 Å². The highest BCUT2D eigenvalue weighted by Crippen LogP contribution is 2.18. The summed E-state index contributed by atoms with van der Waals surface area (Å²) in [5.41, 5.74) is 7.18. The van der Waals surface area contributed by atoms with Gasteiger partial charge in [-0.1, -0.05) is 30.3 Å². The van der Waals surface area contributed by atoms with Crippen molar-refractivity contribution >= 4 is 11.7 Å². The van der Waals surface area contributed by atoms with Crippen LogP contribution in [0.4, 0.5) is 5.69 Å². The van der Waals surface area contributed by atoms with Crippen LogP contribution in [0.1, 0.15) is 15.9 Å². The summed E-state index contributed by atoms with van der Waals surface area (Å²) in [5, 5.41) is 0. The Kier molecular flexibility index (Phi) is 3.97. The molecule has 2 aromatic rings. The molecule has 0 radical (unpaired) electrons. The molecule has 5 nitrogen and oxygen atoms in total. The van der Waals surface area contributed by atoms with Gasteiger partial charge in [-0.25, -0.2) is 9.78 Å². The Morgan fingerprint density at radius 3 is 2.74 bits per heavy atom. The molecule has 0 fully saturated rings. The van der Waals surface area contributed by atoms with E-state index in [9.17, 15) is 4.79 Å². The number of nitrogen functional groups attached to an aromatic ring is 1. The summed E-state index contributed by atoms with van der Waals surface area (Å²) < 4.78 is 10.1.